The van der Waals surface area contributed by atoms with Crippen LogP contribution in [-0.2, 0) is 0 Å². The quantitative estimate of drug-likeness (QED) is 0.507. The molecule has 0 bridgehead atoms. The van der Waals surface area contributed by atoms with Crippen LogP contribution in [0, 0.1) is 0 Å². The lowest BCUT2D eigenvalue weighted by atomic mass is 10.1. The highest BCUT2D eigenvalue weighted by Crippen LogP contribution is 2.47. The minimum Gasteiger partial charge on any atom is -0.242 e. The highest BCUT2D eigenvalue weighted by Gasteiger charge is 2.16. The molecule has 0 radical (unpaired) electrons. The Bertz CT molecular complexity index is 700. The normalized spacial score (nSPS) is 14.2. The lowest BCUT2D eigenvalue weighted by Gasteiger charge is -2.37. The third-order valence-corrected chi connectivity index (χ3v) is 11.3. The smallest absolute Gasteiger partial charge is 0.0184 e. The zero-order valence-electron chi connectivity index (χ0n) is 16.2. The van der Waals surface area contributed by atoms with E-state index in [9.17, 15) is 0 Å². The van der Waals surface area contributed by atoms with Crippen LogP contribution in [-0.4, -0.2) is 34.5 Å². The fraction of sp³-hybridized carbons (Fsp3) is 0.478. The van der Waals surface area contributed by atoms with Gasteiger partial charge < -0.3 is 0 Å². The Kier molecular flexibility index (Phi) is 8.45. The first kappa shape index (κ1) is 20.5. The molecule has 0 saturated heterocycles. The molecule has 0 aromatic heterocycles. The molecule has 138 valence electrons. The molecule has 0 unspecified atom stereocenters. The Morgan fingerprint density at radius 1 is 1.12 bits per heavy atom. The van der Waals surface area contributed by atoms with E-state index in [4.69, 9.17) is 0 Å². The zero-order valence-corrected chi connectivity index (χ0v) is 17.9. The molecular formula is C23H34S2. The predicted molar refractivity (Wildman–Crippen MR) is 123 cm³/mol. The van der Waals surface area contributed by atoms with Gasteiger partial charge in [0.25, 0.3) is 0 Å². The maximum atomic E-state index is 4.34. The van der Waals surface area contributed by atoms with Crippen molar-refractivity contribution in [3.8, 4) is 0 Å². The first-order valence-corrected chi connectivity index (χ1v) is 13.1. The minimum atomic E-state index is -0.326. The van der Waals surface area contributed by atoms with Gasteiger partial charge in [-0.2, -0.15) is 11.8 Å². The van der Waals surface area contributed by atoms with Gasteiger partial charge in [0.2, 0.25) is 0 Å². The average molecular weight is 375 g/mol. The van der Waals surface area contributed by atoms with Crippen LogP contribution in [0.3, 0.4) is 0 Å². The van der Waals surface area contributed by atoms with Gasteiger partial charge in [-0.25, -0.2) is 10.0 Å². The highest BCUT2D eigenvalue weighted by atomic mass is 32.3. The van der Waals surface area contributed by atoms with Gasteiger partial charge in [0.1, 0.15) is 0 Å². The summed E-state index contributed by atoms with van der Waals surface area (Å²) < 4.78 is 0. The van der Waals surface area contributed by atoms with Gasteiger partial charge in [0, 0.05) is 5.75 Å². The van der Waals surface area contributed by atoms with Crippen LogP contribution < -0.4 is 10.4 Å². The van der Waals surface area contributed by atoms with Crippen LogP contribution in [0.25, 0.3) is 17.7 Å². The summed E-state index contributed by atoms with van der Waals surface area (Å²) in [5.41, 5.74) is 2.56. The van der Waals surface area contributed by atoms with Gasteiger partial charge in [0.05, 0.1) is 0 Å². The SMILES string of the molecule is C=C(CSCCCS(CC)(CC)CC)c1ccc2c(c1)=CCC=CC=2. The number of thioether (sulfide) groups is 1. The van der Waals surface area contributed by atoms with Crippen molar-refractivity contribution in [3.63, 3.8) is 0 Å². The maximum Gasteiger partial charge on any atom is 0.0184 e. The molecule has 0 nitrogen and oxygen atoms in total. The average Bonchev–Trinajstić information content (AvgIpc) is 2.89. The number of hydrogen-bond donors (Lipinski definition) is 0. The van der Waals surface area contributed by atoms with E-state index in [0.29, 0.717) is 0 Å². The number of fused-ring (bicyclic) bond motifs is 1. The third kappa shape index (κ3) is 5.82. The van der Waals surface area contributed by atoms with Gasteiger partial charge in [-0.15, -0.1) is 0 Å². The van der Waals surface area contributed by atoms with Gasteiger partial charge >= 0.3 is 0 Å². The molecule has 1 aromatic carbocycles. The van der Waals surface area contributed by atoms with E-state index in [1.807, 2.05) is 0 Å². The van der Waals surface area contributed by atoms with Crippen LogP contribution in [0.5, 0.6) is 0 Å². The molecule has 2 rings (SSSR count). The van der Waals surface area contributed by atoms with E-state index in [1.165, 1.54) is 56.8 Å². The molecular weight excluding hydrogens is 340 g/mol. The summed E-state index contributed by atoms with van der Waals surface area (Å²) in [6.45, 7) is 11.5. The van der Waals surface area contributed by atoms with Gasteiger partial charge in [-0.3, -0.25) is 0 Å². The van der Waals surface area contributed by atoms with Crippen molar-refractivity contribution in [2.45, 2.75) is 33.6 Å². The number of rotatable bonds is 10. The van der Waals surface area contributed by atoms with Gasteiger partial charge in [-0.1, -0.05) is 63.8 Å². The molecule has 1 aliphatic rings. The molecule has 1 aromatic rings. The summed E-state index contributed by atoms with van der Waals surface area (Å²) in [7, 11) is -0.326. The van der Waals surface area contributed by atoms with Crippen molar-refractivity contribution in [3.05, 3.63) is 52.9 Å². The van der Waals surface area contributed by atoms with Crippen LogP contribution in [0.1, 0.15) is 39.2 Å². The van der Waals surface area contributed by atoms with E-state index in [-0.39, 0.29) is 10.0 Å². The molecule has 0 heterocycles. The number of hydrogen-bond acceptors (Lipinski definition) is 1. The van der Waals surface area contributed by atoms with Crippen molar-refractivity contribution in [2.24, 2.45) is 0 Å². The summed E-state index contributed by atoms with van der Waals surface area (Å²) in [5, 5.41) is 2.66. The highest BCUT2D eigenvalue weighted by molar-refractivity contribution is 8.33. The second-order valence-electron chi connectivity index (χ2n) is 6.68. The Labute approximate surface area is 160 Å². The van der Waals surface area contributed by atoms with E-state index in [1.54, 1.807) is 0 Å². The summed E-state index contributed by atoms with van der Waals surface area (Å²) in [6.07, 6.45) is 11.2. The molecule has 0 spiro atoms. The second-order valence-corrected chi connectivity index (χ2v) is 12.4. The molecule has 0 aliphatic heterocycles. The first-order chi connectivity index (χ1) is 12.1. The molecule has 2 heteroatoms. The lowest BCUT2D eigenvalue weighted by molar-refractivity contribution is 1.09. The van der Waals surface area contributed by atoms with E-state index >= 15 is 0 Å². The van der Waals surface area contributed by atoms with E-state index < -0.39 is 0 Å². The zero-order chi connectivity index (χ0) is 18.1. The Morgan fingerprint density at radius 3 is 2.60 bits per heavy atom. The fourth-order valence-electron chi connectivity index (χ4n) is 3.36. The van der Waals surface area contributed by atoms with Gasteiger partial charge in [0.15, 0.2) is 0 Å². The maximum absolute atomic E-state index is 4.34. The fourth-order valence-corrected chi connectivity index (χ4v) is 7.30. The Balaban J connectivity index is 1.84. The minimum absolute atomic E-state index is 0.326. The van der Waals surface area contributed by atoms with E-state index in [2.05, 4.69) is 81.6 Å². The molecule has 0 amide bonds. The Morgan fingerprint density at radius 2 is 1.88 bits per heavy atom. The van der Waals surface area contributed by atoms with Crippen molar-refractivity contribution < 1.29 is 0 Å². The van der Waals surface area contributed by atoms with Crippen LogP contribution in [0.4, 0.5) is 0 Å². The van der Waals surface area contributed by atoms with Crippen LogP contribution >= 0.6 is 21.8 Å². The van der Waals surface area contributed by atoms with Crippen LogP contribution in [0.15, 0.2) is 36.9 Å². The van der Waals surface area contributed by atoms with Gasteiger partial charge in [-0.05, 0) is 69.2 Å². The summed E-state index contributed by atoms with van der Waals surface area (Å²) in [5.74, 6) is 7.96. The van der Waals surface area contributed by atoms with Crippen LogP contribution in [0.2, 0.25) is 0 Å². The molecule has 1 aliphatic carbocycles. The topological polar surface area (TPSA) is 0 Å². The summed E-state index contributed by atoms with van der Waals surface area (Å²) >= 11 is 2.05. The standard InChI is InChI=1S/C23H34S2/c1-5-25(6-2,7-3)17-11-16-24-19-20(4)22-15-14-21-12-9-8-10-13-23(21)18-22/h8-9,12-15,18H,4-7,10-11,16-17,19H2,1-3H3. The summed E-state index contributed by atoms with van der Waals surface area (Å²) in [6, 6.07) is 6.77. The number of allylic oxidation sites excluding steroid dienone is 2. The first-order valence-electron chi connectivity index (χ1n) is 9.61. The third-order valence-electron chi connectivity index (χ3n) is 5.36. The molecule has 0 fully saturated rings. The molecule has 25 heavy (non-hydrogen) atoms. The van der Waals surface area contributed by atoms with Crippen molar-refractivity contribution in [1.82, 2.24) is 0 Å². The molecule has 0 atom stereocenters. The second kappa shape index (κ2) is 10.3. The van der Waals surface area contributed by atoms with Crippen molar-refractivity contribution in [1.29, 1.82) is 0 Å². The number of benzene rings is 1. The lowest BCUT2D eigenvalue weighted by Crippen LogP contribution is -2.24. The largest absolute Gasteiger partial charge is 0.242 e. The van der Waals surface area contributed by atoms with E-state index in [0.717, 1.165) is 12.2 Å². The Hall–Kier alpha value is -0.860. The molecule has 0 saturated carbocycles. The van der Waals surface area contributed by atoms with Crippen molar-refractivity contribution >= 4 is 39.5 Å². The monoisotopic (exact) mass is 374 g/mol. The van der Waals surface area contributed by atoms with Crippen molar-refractivity contribution in [2.75, 3.05) is 34.5 Å². The predicted octanol–water partition coefficient (Wildman–Crippen LogP) is 5.21. The summed E-state index contributed by atoms with van der Waals surface area (Å²) in [4.78, 5) is 0. The molecule has 0 N–H and O–H groups in total.